The highest BCUT2D eigenvalue weighted by Gasteiger charge is 2.32. The summed E-state index contributed by atoms with van der Waals surface area (Å²) in [7, 11) is 2.14. The quantitative estimate of drug-likeness (QED) is 0.679. The minimum absolute atomic E-state index is 0.0148. The fourth-order valence-electron chi connectivity index (χ4n) is 2.25. The van der Waals surface area contributed by atoms with E-state index in [0.717, 1.165) is 25.8 Å². The Hall–Kier alpha value is -0.570. The summed E-state index contributed by atoms with van der Waals surface area (Å²) >= 11 is 0. The summed E-state index contributed by atoms with van der Waals surface area (Å²) < 4.78 is 5.45. The van der Waals surface area contributed by atoms with Crippen molar-refractivity contribution in [3.8, 4) is 0 Å². The summed E-state index contributed by atoms with van der Waals surface area (Å²) in [6, 6.07) is 0.534. The zero-order valence-electron chi connectivity index (χ0n) is 11.2. The van der Waals surface area contributed by atoms with Crippen LogP contribution < -0.4 is 0 Å². The Morgan fingerprint density at radius 1 is 1.44 bits per heavy atom. The number of carbonyl (C=O) groups is 1. The van der Waals surface area contributed by atoms with Crippen molar-refractivity contribution in [2.45, 2.75) is 58.6 Å². The van der Waals surface area contributed by atoms with Gasteiger partial charge >= 0.3 is 5.97 Å². The van der Waals surface area contributed by atoms with Crippen molar-refractivity contribution in [2.75, 3.05) is 13.6 Å². The lowest BCUT2D eigenvalue weighted by Gasteiger charge is -2.36. The molecule has 16 heavy (non-hydrogen) atoms. The molecule has 0 N–H and O–H groups in total. The van der Waals surface area contributed by atoms with Crippen molar-refractivity contribution in [1.82, 2.24) is 4.90 Å². The summed E-state index contributed by atoms with van der Waals surface area (Å²) in [5, 5.41) is 0. The second-order valence-corrected chi connectivity index (χ2v) is 5.80. The Labute approximate surface area is 99.1 Å². The summed E-state index contributed by atoms with van der Waals surface area (Å²) in [4.78, 5) is 14.3. The molecule has 3 nitrogen and oxygen atoms in total. The molecule has 0 radical (unpaired) electrons. The third-order valence-corrected chi connectivity index (χ3v) is 3.22. The molecule has 0 aromatic carbocycles. The first-order valence-electron chi connectivity index (χ1n) is 6.26. The third kappa shape index (κ3) is 3.78. The lowest BCUT2D eigenvalue weighted by Crippen LogP contribution is -2.43. The Kier molecular flexibility index (Phi) is 4.36. The third-order valence-electron chi connectivity index (χ3n) is 3.22. The Morgan fingerprint density at radius 2 is 2.06 bits per heavy atom. The molecule has 0 bridgehead atoms. The van der Waals surface area contributed by atoms with E-state index in [2.05, 4.69) is 18.9 Å². The van der Waals surface area contributed by atoms with Crippen molar-refractivity contribution < 1.29 is 9.53 Å². The molecule has 0 aliphatic carbocycles. The van der Waals surface area contributed by atoms with Gasteiger partial charge in [-0.25, -0.2) is 0 Å². The van der Waals surface area contributed by atoms with Gasteiger partial charge in [-0.2, -0.15) is 0 Å². The van der Waals surface area contributed by atoms with E-state index in [4.69, 9.17) is 4.74 Å². The van der Waals surface area contributed by atoms with Crippen LogP contribution in [0.25, 0.3) is 0 Å². The maximum absolute atomic E-state index is 11.9. The first kappa shape index (κ1) is 13.5. The monoisotopic (exact) mass is 227 g/mol. The molecule has 3 heteroatoms. The van der Waals surface area contributed by atoms with Crippen LogP contribution in [-0.4, -0.2) is 36.1 Å². The second-order valence-electron chi connectivity index (χ2n) is 5.80. The van der Waals surface area contributed by atoms with Crippen LogP contribution in [0, 0.1) is 5.92 Å². The standard InChI is InChI=1S/C13H25NO2/c1-6-11-9-10(7-8-14(11)5)12(15)16-13(2,3)4/h10-11H,6-9H2,1-5H3/t10-,11-/m0/s1. The topological polar surface area (TPSA) is 29.5 Å². The van der Waals surface area contributed by atoms with Crippen LogP contribution in [0.2, 0.25) is 0 Å². The Bertz CT molecular complexity index is 245. The molecule has 0 spiro atoms. The maximum Gasteiger partial charge on any atom is 0.309 e. The number of esters is 1. The molecule has 2 atom stereocenters. The van der Waals surface area contributed by atoms with Gasteiger partial charge in [0.2, 0.25) is 0 Å². The minimum atomic E-state index is -0.359. The van der Waals surface area contributed by atoms with Crippen LogP contribution >= 0.6 is 0 Å². The normalized spacial score (nSPS) is 27.8. The highest BCUT2D eigenvalue weighted by atomic mass is 16.6. The number of nitrogens with zero attached hydrogens (tertiary/aromatic N) is 1. The number of piperidine rings is 1. The smallest absolute Gasteiger partial charge is 0.309 e. The molecule has 0 saturated carbocycles. The zero-order chi connectivity index (χ0) is 12.3. The molecule has 1 heterocycles. The largest absolute Gasteiger partial charge is 0.460 e. The van der Waals surface area contributed by atoms with Gasteiger partial charge in [-0.1, -0.05) is 6.92 Å². The van der Waals surface area contributed by atoms with Crippen molar-refractivity contribution in [2.24, 2.45) is 5.92 Å². The van der Waals surface area contributed by atoms with Crippen molar-refractivity contribution in [1.29, 1.82) is 0 Å². The Balaban J connectivity index is 2.52. The maximum atomic E-state index is 11.9. The molecule has 1 rings (SSSR count). The van der Waals surface area contributed by atoms with E-state index in [0.29, 0.717) is 6.04 Å². The average molecular weight is 227 g/mol. The summed E-state index contributed by atoms with van der Waals surface area (Å²) in [5.41, 5.74) is -0.359. The van der Waals surface area contributed by atoms with Crippen LogP contribution in [0.1, 0.15) is 47.0 Å². The summed E-state index contributed by atoms with van der Waals surface area (Å²) in [6.45, 7) is 8.96. The van der Waals surface area contributed by atoms with Crippen molar-refractivity contribution in [3.05, 3.63) is 0 Å². The zero-order valence-corrected chi connectivity index (χ0v) is 11.2. The van der Waals surface area contributed by atoms with Gasteiger partial charge in [-0.05, 0) is 53.6 Å². The van der Waals surface area contributed by atoms with Gasteiger partial charge < -0.3 is 9.64 Å². The van der Waals surface area contributed by atoms with Gasteiger partial charge in [0.15, 0.2) is 0 Å². The van der Waals surface area contributed by atoms with Crippen LogP contribution in [0.5, 0.6) is 0 Å². The first-order valence-corrected chi connectivity index (χ1v) is 6.26. The molecule has 94 valence electrons. The fraction of sp³-hybridized carbons (Fsp3) is 0.923. The number of hydrogen-bond donors (Lipinski definition) is 0. The number of ether oxygens (including phenoxy) is 1. The summed E-state index contributed by atoms with van der Waals surface area (Å²) in [6.07, 6.45) is 2.99. The predicted molar refractivity (Wildman–Crippen MR) is 65.3 cm³/mol. The molecule has 1 fully saturated rings. The van der Waals surface area contributed by atoms with Crippen LogP contribution in [0.4, 0.5) is 0 Å². The van der Waals surface area contributed by atoms with Gasteiger partial charge in [-0.15, -0.1) is 0 Å². The van der Waals surface area contributed by atoms with E-state index < -0.39 is 0 Å². The molecule has 0 amide bonds. The van der Waals surface area contributed by atoms with Crippen molar-refractivity contribution in [3.63, 3.8) is 0 Å². The fourth-order valence-corrected chi connectivity index (χ4v) is 2.25. The van der Waals surface area contributed by atoms with Crippen LogP contribution in [-0.2, 0) is 9.53 Å². The number of hydrogen-bond acceptors (Lipinski definition) is 3. The number of rotatable bonds is 2. The predicted octanol–water partition coefficient (Wildman–Crippen LogP) is 2.45. The van der Waals surface area contributed by atoms with Gasteiger partial charge in [-0.3, -0.25) is 4.79 Å². The molecule has 1 saturated heterocycles. The van der Waals surface area contributed by atoms with E-state index in [1.54, 1.807) is 0 Å². The first-order chi connectivity index (χ1) is 7.33. The molecule has 0 aromatic heterocycles. The highest BCUT2D eigenvalue weighted by molar-refractivity contribution is 5.73. The lowest BCUT2D eigenvalue weighted by molar-refractivity contribution is -0.162. The van der Waals surface area contributed by atoms with E-state index in [1.165, 1.54) is 0 Å². The highest BCUT2D eigenvalue weighted by Crippen LogP contribution is 2.26. The van der Waals surface area contributed by atoms with E-state index in [9.17, 15) is 4.79 Å². The SMILES string of the molecule is CC[C@H]1C[C@@H](C(=O)OC(C)(C)C)CCN1C. The van der Waals surface area contributed by atoms with Crippen LogP contribution in [0.3, 0.4) is 0 Å². The summed E-state index contributed by atoms with van der Waals surface area (Å²) in [5.74, 6) is 0.0828. The van der Waals surface area contributed by atoms with E-state index in [-0.39, 0.29) is 17.5 Å². The molecule has 0 unspecified atom stereocenters. The minimum Gasteiger partial charge on any atom is -0.460 e. The Morgan fingerprint density at radius 3 is 2.56 bits per heavy atom. The molecular formula is C13H25NO2. The second kappa shape index (κ2) is 5.17. The molecule has 1 aliphatic heterocycles. The van der Waals surface area contributed by atoms with Crippen LogP contribution in [0.15, 0.2) is 0 Å². The van der Waals surface area contributed by atoms with Crippen molar-refractivity contribution >= 4 is 5.97 Å². The molecule has 1 aliphatic rings. The van der Waals surface area contributed by atoms with Gasteiger partial charge in [0.05, 0.1) is 5.92 Å². The lowest BCUT2D eigenvalue weighted by atomic mass is 9.90. The van der Waals surface area contributed by atoms with E-state index in [1.807, 2.05) is 20.8 Å². The van der Waals surface area contributed by atoms with Gasteiger partial charge in [0, 0.05) is 6.04 Å². The van der Waals surface area contributed by atoms with E-state index >= 15 is 0 Å². The van der Waals surface area contributed by atoms with Gasteiger partial charge in [0.1, 0.15) is 5.60 Å². The molecule has 0 aromatic rings. The molecular weight excluding hydrogens is 202 g/mol. The number of carbonyl (C=O) groups excluding carboxylic acids is 1. The van der Waals surface area contributed by atoms with Gasteiger partial charge in [0.25, 0.3) is 0 Å². The number of likely N-dealkylation sites (tertiary alicyclic amines) is 1. The average Bonchev–Trinajstić information content (AvgIpc) is 2.15.